The third kappa shape index (κ3) is 4.82. The fraction of sp³-hybridized carbons (Fsp3) is 0.222. The van der Waals surface area contributed by atoms with Gasteiger partial charge in [-0.25, -0.2) is 13.6 Å². The molecule has 0 atom stereocenters. The number of hydrogen-bond donors (Lipinski definition) is 2. The molecule has 0 fully saturated rings. The number of benzene rings is 1. The largest absolute Gasteiger partial charge is 0.347 e. The molecule has 0 bridgehead atoms. The van der Waals surface area contributed by atoms with E-state index in [1.54, 1.807) is 12.1 Å². The number of nitrogens with zero attached hydrogens (tertiary/aromatic N) is 2. The van der Waals surface area contributed by atoms with E-state index in [0.29, 0.717) is 17.0 Å². The molecule has 0 aliphatic heterocycles. The van der Waals surface area contributed by atoms with Crippen LogP contribution in [0, 0.1) is 13.8 Å². The van der Waals surface area contributed by atoms with Crippen molar-refractivity contribution in [3.8, 4) is 0 Å². The number of amides is 1. The summed E-state index contributed by atoms with van der Waals surface area (Å²) in [6, 6.07) is 12.4. The normalized spacial score (nSPS) is 11.5. The summed E-state index contributed by atoms with van der Waals surface area (Å²) in [5.74, 6) is -0.226. The number of nitrogens with one attached hydrogen (secondary N) is 1. The van der Waals surface area contributed by atoms with Crippen molar-refractivity contribution in [3.63, 3.8) is 0 Å². The van der Waals surface area contributed by atoms with Crippen LogP contribution < -0.4 is 10.5 Å². The molecule has 0 unspecified atom stereocenters. The van der Waals surface area contributed by atoms with Gasteiger partial charge in [-0.15, -0.1) is 11.3 Å². The molecule has 0 aliphatic rings. The lowest BCUT2D eigenvalue weighted by atomic mass is 10.1. The highest BCUT2D eigenvalue weighted by atomic mass is 32.2. The highest BCUT2D eigenvalue weighted by molar-refractivity contribution is 7.91. The van der Waals surface area contributed by atoms with Gasteiger partial charge < -0.3 is 5.32 Å². The molecule has 142 valence electrons. The van der Waals surface area contributed by atoms with Crippen LogP contribution in [0.1, 0.15) is 32.2 Å². The summed E-state index contributed by atoms with van der Waals surface area (Å²) in [6.07, 6.45) is 0. The summed E-state index contributed by atoms with van der Waals surface area (Å²) < 4.78 is 24.6. The van der Waals surface area contributed by atoms with Crippen LogP contribution in [-0.4, -0.2) is 24.1 Å². The fourth-order valence-electron chi connectivity index (χ4n) is 2.69. The van der Waals surface area contributed by atoms with Gasteiger partial charge in [0.2, 0.25) is 10.0 Å². The number of sulfonamides is 1. The molecule has 2 aromatic heterocycles. The molecule has 1 amide bonds. The highest BCUT2D eigenvalue weighted by Gasteiger charge is 2.12. The number of carbonyl (C=O) groups excluding carboxylic acids is 1. The van der Waals surface area contributed by atoms with E-state index in [9.17, 15) is 13.2 Å². The Kier molecular flexibility index (Phi) is 5.45. The number of carbonyl (C=O) groups is 1. The zero-order valence-electron chi connectivity index (χ0n) is 15.0. The smallest absolute Gasteiger partial charge is 0.251 e. The molecule has 2 heterocycles. The first-order valence-corrected chi connectivity index (χ1v) is 10.6. The highest BCUT2D eigenvalue weighted by Crippen LogP contribution is 2.20. The molecule has 1 aromatic carbocycles. The van der Waals surface area contributed by atoms with Crippen molar-refractivity contribution in [2.45, 2.75) is 31.1 Å². The maximum atomic E-state index is 12.4. The topological polar surface area (TPSA) is 107 Å². The molecule has 9 heteroatoms. The van der Waals surface area contributed by atoms with Crippen molar-refractivity contribution in [2.75, 3.05) is 0 Å². The Morgan fingerprint density at radius 3 is 2.63 bits per heavy atom. The molecule has 0 saturated carbocycles. The Balaban J connectivity index is 1.66. The van der Waals surface area contributed by atoms with Gasteiger partial charge in [-0.1, -0.05) is 12.1 Å². The van der Waals surface area contributed by atoms with E-state index in [0.717, 1.165) is 28.3 Å². The Morgan fingerprint density at radius 1 is 1.22 bits per heavy atom. The van der Waals surface area contributed by atoms with Gasteiger partial charge in [-0.05, 0) is 49.7 Å². The van der Waals surface area contributed by atoms with Crippen molar-refractivity contribution in [1.29, 1.82) is 0 Å². The number of hydrogen-bond acceptors (Lipinski definition) is 5. The number of aromatic nitrogens is 2. The molecular formula is C18H20N4O3S2. The third-order valence-corrected chi connectivity index (χ3v) is 6.49. The molecule has 27 heavy (non-hydrogen) atoms. The number of primary sulfonamides is 1. The van der Waals surface area contributed by atoms with Gasteiger partial charge in [0.15, 0.2) is 0 Å². The van der Waals surface area contributed by atoms with Gasteiger partial charge in [-0.3, -0.25) is 9.48 Å². The van der Waals surface area contributed by atoms with Crippen molar-refractivity contribution in [2.24, 2.45) is 5.14 Å². The fourth-order valence-corrected chi connectivity index (χ4v) is 4.41. The minimum absolute atomic E-state index is 0.0821. The lowest BCUT2D eigenvalue weighted by molar-refractivity contribution is 0.0951. The summed E-state index contributed by atoms with van der Waals surface area (Å²) in [6.45, 7) is 4.76. The summed E-state index contributed by atoms with van der Waals surface area (Å²) in [5, 5.41) is 12.3. The van der Waals surface area contributed by atoms with E-state index < -0.39 is 10.0 Å². The molecule has 7 nitrogen and oxygen atoms in total. The molecule has 3 N–H and O–H groups in total. The maximum Gasteiger partial charge on any atom is 0.251 e. The predicted molar refractivity (Wildman–Crippen MR) is 104 cm³/mol. The van der Waals surface area contributed by atoms with Gasteiger partial charge >= 0.3 is 0 Å². The van der Waals surface area contributed by atoms with Crippen LogP contribution in [-0.2, 0) is 23.1 Å². The van der Waals surface area contributed by atoms with Gasteiger partial charge in [0.05, 0.1) is 18.8 Å². The van der Waals surface area contributed by atoms with Gasteiger partial charge in [-0.2, -0.15) is 5.10 Å². The quantitative estimate of drug-likeness (QED) is 0.656. The Morgan fingerprint density at radius 2 is 2.00 bits per heavy atom. The Bertz CT molecular complexity index is 1080. The van der Waals surface area contributed by atoms with Crippen LogP contribution in [0.2, 0.25) is 0 Å². The lowest BCUT2D eigenvalue weighted by Crippen LogP contribution is -2.22. The van der Waals surface area contributed by atoms with Crippen molar-refractivity contribution >= 4 is 27.3 Å². The van der Waals surface area contributed by atoms with E-state index in [2.05, 4.69) is 10.4 Å². The van der Waals surface area contributed by atoms with E-state index in [1.807, 2.05) is 42.8 Å². The minimum Gasteiger partial charge on any atom is -0.347 e. The number of rotatable bonds is 6. The van der Waals surface area contributed by atoms with Gasteiger partial charge in [0.1, 0.15) is 4.21 Å². The first kappa shape index (κ1) is 19.3. The molecule has 3 rings (SSSR count). The first-order valence-electron chi connectivity index (χ1n) is 8.22. The second kappa shape index (κ2) is 7.63. The molecule has 0 aliphatic carbocycles. The monoisotopic (exact) mass is 404 g/mol. The standard InChI is InChI=1S/C18H20N4O3S2/c1-12-8-13(2)22(21-12)11-14-4-3-5-15(9-14)18(23)20-10-16-6-7-17(26-16)27(19,24)25/h3-9H,10-11H2,1-2H3,(H,20,23)(H2,19,24,25). The molecular weight excluding hydrogens is 384 g/mol. The third-order valence-electron chi connectivity index (χ3n) is 3.97. The second-order valence-corrected chi connectivity index (χ2v) is 9.19. The SMILES string of the molecule is Cc1cc(C)n(Cc2cccc(C(=O)NCc3ccc(S(N)(=O)=O)s3)c2)n1. The molecule has 0 radical (unpaired) electrons. The van der Waals surface area contributed by atoms with E-state index in [1.165, 1.54) is 6.07 Å². The Labute approximate surface area is 161 Å². The van der Waals surface area contributed by atoms with Gasteiger partial charge in [0.25, 0.3) is 5.91 Å². The number of nitrogens with two attached hydrogens (primary N) is 1. The van der Waals surface area contributed by atoms with Crippen LogP contribution in [0.15, 0.2) is 46.7 Å². The summed E-state index contributed by atoms with van der Waals surface area (Å²) in [7, 11) is -3.71. The number of thiophene rings is 1. The number of aryl methyl sites for hydroxylation is 2. The van der Waals surface area contributed by atoms with E-state index >= 15 is 0 Å². The van der Waals surface area contributed by atoms with E-state index in [-0.39, 0.29) is 16.7 Å². The average Bonchev–Trinajstić information content (AvgIpc) is 3.19. The van der Waals surface area contributed by atoms with Crippen LogP contribution >= 0.6 is 11.3 Å². The first-order chi connectivity index (χ1) is 12.7. The van der Waals surface area contributed by atoms with Crippen LogP contribution in [0.25, 0.3) is 0 Å². The molecule has 0 spiro atoms. The van der Waals surface area contributed by atoms with Crippen molar-refractivity contribution in [3.05, 3.63) is 69.9 Å². The second-order valence-electron chi connectivity index (χ2n) is 6.23. The van der Waals surface area contributed by atoms with Crippen LogP contribution in [0.3, 0.4) is 0 Å². The maximum absolute atomic E-state index is 12.4. The van der Waals surface area contributed by atoms with Crippen molar-refractivity contribution in [1.82, 2.24) is 15.1 Å². The van der Waals surface area contributed by atoms with Crippen LogP contribution in [0.4, 0.5) is 0 Å². The summed E-state index contributed by atoms with van der Waals surface area (Å²) in [5.41, 5.74) is 3.53. The van der Waals surface area contributed by atoms with Gasteiger partial charge in [0, 0.05) is 16.1 Å². The predicted octanol–water partition coefficient (Wildman–Crippen LogP) is 2.19. The minimum atomic E-state index is -3.71. The average molecular weight is 405 g/mol. The molecule has 3 aromatic rings. The zero-order chi connectivity index (χ0) is 19.6. The summed E-state index contributed by atoms with van der Waals surface area (Å²) >= 11 is 1.05. The molecule has 0 saturated heterocycles. The summed E-state index contributed by atoms with van der Waals surface area (Å²) in [4.78, 5) is 13.1. The van der Waals surface area contributed by atoms with Crippen molar-refractivity contribution < 1.29 is 13.2 Å². The Hall–Kier alpha value is -2.49. The lowest BCUT2D eigenvalue weighted by Gasteiger charge is -2.08. The van der Waals surface area contributed by atoms with E-state index in [4.69, 9.17) is 5.14 Å². The zero-order valence-corrected chi connectivity index (χ0v) is 16.6. The van der Waals surface area contributed by atoms with Crippen LogP contribution in [0.5, 0.6) is 0 Å².